The van der Waals surface area contributed by atoms with Gasteiger partial charge in [-0.3, -0.25) is 0 Å². The highest BCUT2D eigenvalue weighted by Gasteiger charge is 2.01. The Labute approximate surface area is 91.7 Å². The van der Waals surface area contributed by atoms with E-state index in [0.29, 0.717) is 6.04 Å². The van der Waals surface area contributed by atoms with Crippen LogP contribution in [0.5, 0.6) is 0 Å². The van der Waals surface area contributed by atoms with Crippen molar-refractivity contribution in [3.63, 3.8) is 0 Å². The monoisotopic (exact) mass is 209 g/mol. The molecule has 0 saturated heterocycles. The average molecular weight is 209 g/mol. The Balaban J connectivity index is 2.40. The highest BCUT2D eigenvalue weighted by atomic mass is 19.1. The largest absolute Gasteiger partial charge is 0.315 e. The minimum atomic E-state index is -0.0786. The normalized spacial score (nSPS) is 11.0. The molecule has 0 aromatic heterocycles. The molecule has 0 unspecified atom stereocenters. The Morgan fingerprint density at radius 3 is 2.73 bits per heavy atom. The van der Waals surface area contributed by atoms with Gasteiger partial charge in [0, 0.05) is 6.04 Å². The second-order valence-corrected chi connectivity index (χ2v) is 4.31. The van der Waals surface area contributed by atoms with Gasteiger partial charge in [0.1, 0.15) is 5.82 Å². The summed E-state index contributed by atoms with van der Waals surface area (Å²) in [5.41, 5.74) is 1.96. The fraction of sp³-hybridized carbons (Fsp3) is 0.538. The van der Waals surface area contributed by atoms with Crippen molar-refractivity contribution in [2.75, 3.05) is 6.54 Å². The fourth-order valence-corrected chi connectivity index (χ4v) is 1.56. The van der Waals surface area contributed by atoms with E-state index < -0.39 is 0 Å². The van der Waals surface area contributed by atoms with Crippen LogP contribution in [0.4, 0.5) is 4.39 Å². The van der Waals surface area contributed by atoms with Crippen molar-refractivity contribution in [3.8, 4) is 0 Å². The predicted molar refractivity (Wildman–Crippen MR) is 62.6 cm³/mol. The smallest absolute Gasteiger partial charge is 0.126 e. The number of benzene rings is 1. The molecule has 0 atom stereocenters. The lowest BCUT2D eigenvalue weighted by Gasteiger charge is -2.08. The molecule has 2 heteroatoms. The molecular weight excluding hydrogens is 189 g/mol. The van der Waals surface area contributed by atoms with Crippen molar-refractivity contribution in [1.29, 1.82) is 0 Å². The van der Waals surface area contributed by atoms with Gasteiger partial charge in [0.15, 0.2) is 0 Å². The van der Waals surface area contributed by atoms with Gasteiger partial charge in [-0.15, -0.1) is 0 Å². The minimum absolute atomic E-state index is 0.0786. The quantitative estimate of drug-likeness (QED) is 0.735. The summed E-state index contributed by atoms with van der Waals surface area (Å²) in [5.74, 6) is -0.0786. The Hall–Kier alpha value is -0.890. The molecule has 0 amide bonds. The first-order chi connectivity index (χ1) is 7.09. The minimum Gasteiger partial charge on any atom is -0.315 e. The third-order valence-corrected chi connectivity index (χ3v) is 2.38. The number of nitrogens with one attached hydrogen (secondary N) is 1. The Bertz CT molecular complexity index is 307. The van der Waals surface area contributed by atoms with Crippen LogP contribution in [0.25, 0.3) is 0 Å². The van der Waals surface area contributed by atoms with Gasteiger partial charge in [-0.2, -0.15) is 0 Å². The van der Waals surface area contributed by atoms with Crippen LogP contribution in [0.1, 0.15) is 31.4 Å². The lowest BCUT2D eigenvalue weighted by molar-refractivity contribution is 0.558. The highest BCUT2D eigenvalue weighted by molar-refractivity contribution is 5.24. The van der Waals surface area contributed by atoms with Crippen molar-refractivity contribution in [3.05, 3.63) is 35.1 Å². The zero-order chi connectivity index (χ0) is 11.3. The number of hydrogen-bond donors (Lipinski definition) is 1. The van der Waals surface area contributed by atoms with Gasteiger partial charge in [0.25, 0.3) is 0 Å². The van der Waals surface area contributed by atoms with Gasteiger partial charge in [-0.25, -0.2) is 4.39 Å². The van der Waals surface area contributed by atoms with Crippen LogP contribution in [0.2, 0.25) is 0 Å². The molecule has 0 bridgehead atoms. The van der Waals surface area contributed by atoms with E-state index in [1.54, 1.807) is 6.07 Å². The second kappa shape index (κ2) is 5.86. The average Bonchev–Trinajstić information content (AvgIpc) is 2.17. The SMILES string of the molecule is Cc1ccc(F)c(CCCNC(C)C)c1. The molecule has 1 nitrogen and oxygen atoms in total. The summed E-state index contributed by atoms with van der Waals surface area (Å²) >= 11 is 0. The van der Waals surface area contributed by atoms with Crippen molar-refractivity contribution >= 4 is 0 Å². The van der Waals surface area contributed by atoms with E-state index in [-0.39, 0.29) is 5.82 Å². The lowest BCUT2D eigenvalue weighted by atomic mass is 10.1. The molecular formula is C13H20FN. The zero-order valence-corrected chi connectivity index (χ0v) is 9.81. The van der Waals surface area contributed by atoms with Crippen LogP contribution in [-0.4, -0.2) is 12.6 Å². The van der Waals surface area contributed by atoms with Crippen molar-refractivity contribution in [2.45, 2.75) is 39.7 Å². The molecule has 0 aliphatic carbocycles. The molecule has 1 rings (SSSR count). The predicted octanol–water partition coefficient (Wildman–Crippen LogP) is 3.06. The van der Waals surface area contributed by atoms with E-state index in [0.717, 1.165) is 30.5 Å². The summed E-state index contributed by atoms with van der Waals surface area (Å²) < 4.78 is 13.3. The molecule has 0 radical (unpaired) electrons. The first kappa shape index (κ1) is 12.2. The Morgan fingerprint density at radius 1 is 1.33 bits per heavy atom. The van der Waals surface area contributed by atoms with Crippen LogP contribution in [0.3, 0.4) is 0 Å². The topological polar surface area (TPSA) is 12.0 Å². The van der Waals surface area contributed by atoms with Gasteiger partial charge >= 0.3 is 0 Å². The Kier molecular flexibility index (Phi) is 4.76. The molecule has 0 aliphatic rings. The van der Waals surface area contributed by atoms with Gasteiger partial charge in [0.05, 0.1) is 0 Å². The highest BCUT2D eigenvalue weighted by Crippen LogP contribution is 2.11. The number of halogens is 1. The van der Waals surface area contributed by atoms with E-state index in [1.807, 2.05) is 19.1 Å². The van der Waals surface area contributed by atoms with Crippen molar-refractivity contribution in [2.24, 2.45) is 0 Å². The summed E-state index contributed by atoms with van der Waals surface area (Å²) in [4.78, 5) is 0. The Morgan fingerprint density at radius 2 is 2.07 bits per heavy atom. The molecule has 0 fully saturated rings. The first-order valence-corrected chi connectivity index (χ1v) is 5.58. The first-order valence-electron chi connectivity index (χ1n) is 5.58. The van der Waals surface area contributed by atoms with Gasteiger partial charge < -0.3 is 5.32 Å². The fourth-order valence-electron chi connectivity index (χ4n) is 1.56. The maximum absolute atomic E-state index is 13.3. The van der Waals surface area contributed by atoms with E-state index in [4.69, 9.17) is 0 Å². The molecule has 1 aromatic carbocycles. The summed E-state index contributed by atoms with van der Waals surface area (Å²) in [7, 11) is 0. The molecule has 0 heterocycles. The molecule has 15 heavy (non-hydrogen) atoms. The standard InChI is InChI=1S/C13H20FN/c1-10(2)15-8-4-5-12-9-11(3)6-7-13(12)14/h6-7,9-10,15H,4-5,8H2,1-3H3. The molecule has 0 spiro atoms. The third-order valence-electron chi connectivity index (χ3n) is 2.38. The molecule has 84 valence electrons. The van der Waals surface area contributed by atoms with Crippen LogP contribution >= 0.6 is 0 Å². The number of hydrogen-bond acceptors (Lipinski definition) is 1. The summed E-state index contributed by atoms with van der Waals surface area (Å²) in [6.45, 7) is 7.18. The molecule has 1 aromatic rings. The summed E-state index contributed by atoms with van der Waals surface area (Å²) in [6.07, 6.45) is 1.80. The van der Waals surface area contributed by atoms with Gasteiger partial charge in [-0.05, 0) is 37.9 Å². The van der Waals surface area contributed by atoms with Crippen molar-refractivity contribution in [1.82, 2.24) is 5.32 Å². The lowest BCUT2D eigenvalue weighted by Crippen LogP contribution is -2.24. The van der Waals surface area contributed by atoms with Crippen LogP contribution in [0.15, 0.2) is 18.2 Å². The van der Waals surface area contributed by atoms with E-state index >= 15 is 0 Å². The molecule has 1 N–H and O–H groups in total. The maximum Gasteiger partial charge on any atom is 0.126 e. The maximum atomic E-state index is 13.3. The van der Waals surface area contributed by atoms with Crippen LogP contribution in [-0.2, 0) is 6.42 Å². The second-order valence-electron chi connectivity index (χ2n) is 4.31. The van der Waals surface area contributed by atoms with E-state index in [2.05, 4.69) is 19.2 Å². The van der Waals surface area contributed by atoms with Gasteiger partial charge in [-0.1, -0.05) is 31.5 Å². The number of rotatable bonds is 5. The summed E-state index contributed by atoms with van der Waals surface area (Å²) in [6, 6.07) is 5.81. The van der Waals surface area contributed by atoms with Crippen LogP contribution in [0, 0.1) is 12.7 Å². The summed E-state index contributed by atoms with van der Waals surface area (Å²) in [5, 5.41) is 3.33. The van der Waals surface area contributed by atoms with Gasteiger partial charge in [0.2, 0.25) is 0 Å². The third kappa shape index (κ3) is 4.43. The van der Waals surface area contributed by atoms with E-state index in [1.165, 1.54) is 0 Å². The number of aryl methyl sites for hydroxylation is 2. The van der Waals surface area contributed by atoms with E-state index in [9.17, 15) is 4.39 Å². The van der Waals surface area contributed by atoms with Crippen LogP contribution < -0.4 is 5.32 Å². The molecule has 0 saturated carbocycles. The molecule has 0 aliphatic heterocycles. The zero-order valence-electron chi connectivity index (χ0n) is 9.81. The van der Waals surface area contributed by atoms with Crippen molar-refractivity contribution < 1.29 is 4.39 Å².